The van der Waals surface area contributed by atoms with E-state index < -0.39 is 8.07 Å². The van der Waals surface area contributed by atoms with E-state index in [0.29, 0.717) is 5.92 Å². The van der Waals surface area contributed by atoms with Crippen LogP contribution in [-0.2, 0) is 0 Å². The SMILES string of the molecule is CC1=C(C)C(C)C([Si](c2cccc(N(C)C)c2C)(c2cccc(N(C)C)c2C)c2cccc(N(C)C)c2C)=C1C. The maximum absolute atomic E-state index is 2.81. The fourth-order valence-corrected chi connectivity index (χ4v) is 13.9. The lowest BCUT2D eigenvalue weighted by Crippen LogP contribution is -2.71. The van der Waals surface area contributed by atoms with Crippen molar-refractivity contribution in [3.63, 3.8) is 0 Å². The van der Waals surface area contributed by atoms with Crippen molar-refractivity contribution in [2.24, 2.45) is 5.92 Å². The zero-order valence-corrected chi connectivity index (χ0v) is 28.1. The maximum Gasteiger partial charge on any atom is 0.177 e. The lowest BCUT2D eigenvalue weighted by molar-refractivity contribution is 0.851. The van der Waals surface area contributed by atoms with Gasteiger partial charge in [-0.3, -0.25) is 0 Å². The molecule has 1 aliphatic carbocycles. The number of hydrogen-bond acceptors (Lipinski definition) is 3. The molecule has 0 aromatic heterocycles. The summed E-state index contributed by atoms with van der Waals surface area (Å²) in [5, 5.41) is 6.14. The molecule has 0 spiro atoms. The van der Waals surface area contributed by atoms with Crippen LogP contribution in [0.15, 0.2) is 76.5 Å². The van der Waals surface area contributed by atoms with Gasteiger partial charge in [-0.25, -0.2) is 0 Å². The Morgan fingerprint density at radius 2 is 0.825 bits per heavy atom. The van der Waals surface area contributed by atoms with Crippen molar-refractivity contribution < 1.29 is 0 Å². The van der Waals surface area contributed by atoms with Crippen molar-refractivity contribution in [2.45, 2.75) is 48.5 Å². The van der Waals surface area contributed by atoms with E-state index in [4.69, 9.17) is 0 Å². The van der Waals surface area contributed by atoms with E-state index >= 15 is 0 Å². The Kier molecular flexibility index (Phi) is 8.15. The van der Waals surface area contributed by atoms with E-state index in [9.17, 15) is 0 Å². The van der Waals surface area contributed by atoms with Crippen LogP contribution in [0.2, 0.25) is 0 Å². The Morgan fingerprint density at radius 3 is 1.07 bits per heavy atom. The highest BCUT2D eigenvalue weighted by Gasteiger charge is 2.50. The van der Waals surface area contributed by atoms with Gasteiger partial charge in [0.05, 0.1) is 0 Å². The molecule has 0 N–H and O–H groups in total. The standard InChI is InChI=1S/C36H49N3Si/c1-23-24(2)26(4)36(25(23)3)40(33-20-14-17-30(27(33)5)37(8)9,34-21-15-18-31(28(34)6)38(10)11)35-22-16-19-32(29(35)7)39(12)13/h14-22,25H,1-13H3. The Morgan fingerprint density at radius 1 is 0.500 bits per heavy atom. The minimum atomic E-state index is -2.81. The van der Waals surface area contributed by atoms with Crippen LogP contribution in [0.25, 0.3) is 0 Å². The van der Waals surface area contributed by atoms with Gasteiger partial charge in [0.15, 0.2) is 8.07 Å². The number of rotatable bonds is 7. The Balaban J connectivity index is 2.36. The van der Waals surface area contributed by atoms with Crippen LogP contribution in [0.3, 0.4) is 0 Å². The zero-order chi connectivity index (χ0) is 29.7. The van der Waals surface area contributed by atoms with Crippen molar-refractivity contribution in [3.8, 4) is 0 Å². The quantitative estimate of drug-likeness (QED) is 0.259. The van der Waals surface area contributed by atoms with Crippen LogP contribution >= 0.6 is 0 Å². The summed E-state index contributed by atoms with van der Waals surface area (Å²) in [6.07, 6.45) is 0. The first-order valence-corrected chi connectivity index (χ1v) is 16.5. The highest BCUT2D eigenvalue weighted by atomic mass is 28.3. The summed E-state index contributed by atoms with van der Waals surface area (Å²) in [6.45, 7) is 16.6. The van der Waals surface area contributed by atoms with Crippen molar-refractivity contribution in [1.82, 2.24) is 0 Å². The minimum Gasteiger partial charge on any atom is -0.377 e. The van der Waals surface area contributed by atoms with Crippen LogP contribution in [0.4, 0.5) is 17.1 Å². The summed E-state index contributed by atoms with van der Waals surface area (Å²) >= 11 is 0. The normalized spacial score (nSPS) is 15.7. The number of anilines is 3. The Labute approximate surface area is 244 Å². The van der Waals surface area contributed by atoms with Crippen molar-refractivity contribution >= 4 is 40.7 Å². The van der Waals surface area contributed by atoms with Crippen LogP contribution in [-0.4, -0.2) is 50.4 Å². The summed E-state index contributed by atoms with van der Waals surface area (Å²) in [5.41, 5.74) is 12.5. The van der Waals surface area contributed by atoms with E-state index in [2.05, 4.69) is 160 Å². The molecule has 3 aromatic rings. The van der Waals surface area contributed by atoms with Crippen LogP contribution < -0.4 is 30.3 Å². The maximum atomic E-state index is 2.45. The topological polar surface area (TPSA) is 9.72 Å². The monoisotopic (exact) mass is 551 g/mol. The Hall–Kier alpha value is -3.24. The third-order valence-electron chi connectivity index (χ3n) is 9.62. The van der Waals surface area contributed by atoms with Gasteiger partial charge >= 0.3 is 0 Å². The number of hydrogen-bond donors (Lipinski definition) is 0. The molecule has 40 heavy (non-hydrogen) atoms. The predicted molar refractivity (Wildman–Crippen MR) is 181 cm³/mol. The average molecular weight is 552 g/mol. The summed E-state index contributed by atoms with van der Waals surface area (Å²) < 4.78 is 0. The molecule has 0 amide bonds. The van der Waals surface area contributed by atoms with Gasteiger partial charge in [0, 0.05) is 59.3 Å². The molecule has 0 saturated carbocycles. The first-order valence-electron chi connectivity index (χ1n) is 14.5. The molecule has 3 nitrogen and oxygen atoms in total. The molecule has 3 aromatic carbocycles. The second-order valence-electron chi connectivity index (χ2n) is 12.4. The fourth-order valence-electron chi connectivity index (χ4n) is 7.38. The highest BCUT2D eigenvalue weighted by Crippen LogP contribution is 2.43. The molecule has 1 unspecified atom stereocenters. The van der Waals surface area contributed by atoms with Gasteiger partial charge in [-0.2, -0.15) is 0 Å². The van der Waals surface area contributed by atoms with Gasteiger partial charge in [-0.05, 0) is 103 Å². The van der Waals surface area contributed by atoms with E-state index in [1.165, 1.54) is 66.0 Å². The molecule has 4 rings (SSSR count). The Bertz CT molecular complexity index is 1370. The first kappa shape index (κ1) is 29.7. The van der Waals surface area contributed by atoms with Crippen LogP contribution in [0.5, 0.6) is 0 Å². The molecule has 4 heteroatoms. The fraction of sp³-hybridized carbons (Fsp3) is 0.389. The molecule has 1 atom stereocenters. The zero-order valence-electron chi connectivity index (χ0n) is 27.1. The van der Waals surface area contributed by atoms with Crippen molar-refractivity contribution in [3.05, 3.63) is 93.2 Å². The molecule has 1 aliphatic rings. The molecule has 0 bridgehead atoms. The lowest BCUT2D eigenvalue weighted by atomic mass is 10.1. The van der Waals surface area contributed by atoms with E-state index in [0.717, 1.165) is 0 Å². The largest absolute Gasteiger partial charge is 0.377 e. The molecule has 212 valence electrons. The summed E-state index contributed by atoms with van der Waals surface area (Å²) in [6, 6.07) is 21.1. The first-order chi connectivity index (χ1) is 18.8. The second-order valence-corrected chi connectivity index (χ2v) is 16.0. The van der Waals surface area contributed by atoms with Gasteiger partial charge in [0.25, 0.3) is 0 Å². The molecule has 0 aliphatic heterocycles. The van der Waals surface area contributed by atoms with Crippen molar-refractivity contribution in [1.29, 1.82) is 0 Å². The number of allylic oxidation sites excluding steroid dienone is 4. The third-order valence-corrected chi connectivity index (χ3v) is 15.3. The molecular formula is C36H49N3Si. The molecular weight excluding hydrogens is 503 g/mol. The van der Waals surface area contributed by atoms with Crippen LogP contribution in [0.1, 0.15) is 44.4 Å². The van der Waals surface area contributed by atoms with Gasteiger partial charge in [-0.1, -0.05) is 59.7 Å². The minimum absolute atomic E-state index is 0.374. The highest BCUT2D eigenvalue weighted by molar-refractivity contribution is 7.17. The second kappa shape index (κ2) is 11.0. The molecule has 0 radical (unpaired) electrons. The summed E-state index contributed by atoms with van der Waals surface area (Å²) in [5.74, 6) is 0.374. The van der Waals surface area contributed by atoms with E-state index in [1.807, 2.05) is 0 Å². The molecule has 0 fully saturated rings. The van der Waals surface area contributed by atoms with Crippen LogP contribution in [0, 0.1) is 26.7 Å². The number of benzene rings is 3. The summed E-state index contributed by atoms with van der Waals surface area (Å²) in [4.78, 5) is 6.83. The molecule has 0 heterocycles. The average Bonchev–Trinajstić information content (AvgIpc) is 3.09. The molecule has 0 saturated heterocycles. The van der Waals surface area contributed by atoms with Gasteiger partial charge in [0.2, 0.25) is 0 Å². The van der Waals surface area contributed by atoms with Crippen molar-refractivity contribution in [2.75, 3.05) is 57.0 Å². The van der Waals surface area contributed by atoms with E-state index in [-0.39, 0.29) is 0 Å². The number of nitrogens with zero attached hydrogens (tertiary/aromatic N) is 3. The summed E-state index contributed by atoms with van der Waals surface area (Å²) in [7, 11) is 10.2. The van der Waals surface area contributed by atoms with E-state index in [1.54, 1.807) is 5.20 Å². The predicted octanol–water partition coefficient (Wildman–Crippen LogP) is 6.12. The van der Waals surface area contributed by atoms with Gasteiger partial charge in [0.1, 0.15) is 0 Å². The smallest absolute Gasteiger partial charge is 0.177 e. The third kappa shape index (κ3) is 4.41. The lowest BCUT2D eigenvalue weighted by Gasteiger charge is -2.42. The van der Waals surface area contributed by atoms with Gasteiger partial charge in [-0.15, -0.1) is 0 Å². The van der Waals surface area contributed by atoms with Gasteiger partial charge < -0.3 is 14.7 Å².